The van der Waals surface area contributed by atoms with Gasteiger partial charge in [-0.3, -0.25) is 0 Å². The van der Waals surface area contributed by atoms with Gasteiger partial charge in [0.05, 0.1) is 0 Å². The summed E-state index contributed by atoms with van der Waals surface area (Å²) in [5, 5.41) is 0. The fourth-order valence-electron chi connectivity index (χ4n) is 0.0993. The van der Waals surface area contributed by atoms with Crippen LogP contribution in [0.5, 0.6) is 0 Å². The predicted octanol–water partition coefficient (Wildman–Crippen LogP) is 0.881. The van der Waals surface area contributed by atoms with Gasteiger partial charge in [-0.1, -0.05) is 0 Å². The molecule has 0 aromatic heterocycles. The Labute approximate surface area is 48.5 Å². The van der Waals surface area contributed by atoms with Crippen LogP contribution in [0.4, 0.5) is 0 Å². The second-order valence-electron chi connectivity index (χ2n) is 0.683. The average Bonchev–Trinajstić information content (AvgIpc) is 1.61. The first-order valence-corrected chi connectivity index (χ1v) is 2.41. The molecule has 0 aromatic carbocycles. The Morgan fingerprint density at radius 3 is 2.17 bits per heavy atom. The van der Waals surface area contributed by atoms with Crippen LogP contribution in [0, 0.1) is 6.58 Å². The Morgan fingerprint density at radius 1 is 1.33 bits per heavy atom. The molecule has 0 heterocycles. The minimum absolute atomic E-state index is 1.48. The molecule has 0 atom stereocenters. The van der Waals surface area contributed by atoms with E-state index in [1.165, 1.54) is 6.08 Å². The van der Waals surface area contributed by atoms with Gasteiger partial charge in [0.1, 0.15) is 0 Å². The van der Waals surface area contributed by atoms with E-state index in [1.807, 2.05) is 6.08 Å². The van der Waals surface area contributed by atoms with Crippen molar-refractivity contribution in [1.29, 1.82) is 0 Å². The van der Waals surface area contributed by atoms with Crippen molar-refractivity contribution in [2.45, 2.75) is 0 Å². The molecule has 0 aromatic rings. The summed E-state index contributed by atoms with van der Waals surface area (Å²) in [7, 11) is 0. The average molecular weight is 172 g/mol. The Balaban J connectivity index is 3.17. The van der Waals surface area contributed by atoms with Crippen molar-refractivity contribution >= 4 is 4.49 Å². The van der Waals surface area contributed by atoms with Gasteiger partial charge in [-0.15, -0.1) is 0 Å². The molecular weight excluding hydrogens is 166 g/mol. The molecular formula is C5H5Pd-. The Kier molecular flexibility index (Phi) is 5.02. The molecule has 0 aliphatic carbocycles. The van der Waals surface area contributed by atoms with E-state index >= 15 is 0 Å². The van der Waals surface area contributed by atoms with E-state index in [9.17, 15) is 0 Å². The fourth-order valence-corrected chi connectivity index (χ4v) is 0.272. The van der Waals surface area contributed by atoms with Crippen LogP contribution in [-0.2, 0) is 18.7 Å². The fraction of sp³-hybridized carbons (Fsp3) is 0. The predicted molar refractivity (Wildman–Crippen MR) is 24.1 cm³/mol. The quantitative estimate of drug-likeness (QED) is 0.329. The summed E-state index contributed by atoms with van der Waals surface area (Å²) in [6, 6.07) is 0. The SMILES string of the molecule is [CH-]=C/C=C\[CH]=[Pd]. The van der Waals surface area contributed by atoms with Crippen LogP contribution < -0.4 is 0 Å². The van der Waals surface area contributed by atoms with Crippen molar-refractivity contribution in [2.75, 3.05) is 0 Å². The molecule has 0 N–H and O–H groups in total. The van der Waals surface area contributed by atoms with Crippen LogP contribution in [-0.4, -0.2) is 4.49 Å². The third-order valence-corrected chi connectivity index (χ3v) is 0.582. The summed E-state index contributed by atoms with van der Waals surface area (Å²) in [6.45, 7) is 4.97. The van der Waals surface area contributed by atoms with Crippen LogP contribution >= 0.6 is 0 Å². The topological polar surface area (TPSA) is 0 Å². The maximum absolute atomic E-state index is 4.97. The Hall–Kier alpha value is 0.0123. The summed E-state index contributed by atoms with van der Waals surface area (Å²) < 4.78 is 1.77. The van der Waals surface area contributed by atoms with Gasteiger partial charge >= 0.3 is 48.0 Å². The number of allylic oxidation sites excluding steroid dienone is 3. The van der Waals surface area contributed by atoms with Gasteiger partial charge < -0.3 is 0 Å². The van der Waals surface area contributed by atoms with Crippen molar-refractivity contribution in [3.63, 3.8) is 0 Å². The van der Waals surface area contributed by atoms with Gasteiger partial charge in [0, 0.05) is 0 Å². The van der Waals surface area contributed by atoms with E-state index in [4.69, 9.17) is 6.58 Å². The summed E-state index contributed by atoms with van der Waals surface area (Å²) in [6.07, 6.45) is 5.02. The standard InChI is InChI=1S/C5H5.Pd/c1-3-5-4-2;/h1-5H;/q-1;/b5-3-;. The van der Waals surface area contributed by atoms with Crippen LogP contribution in [0.25, 0.3) is 0 Å². The molecule has 0 unspecified atom stereocenters. The zero-order chi connectivity index (χ0) is 4.83. The zero-order valence-corrected chi connectivity index (χ0v) is 4.76. The Bertz CT molecular complexity index is 62.0. The van der Waals surface area contributed by atoms with E-state index in [0.717, 1.165) is 0 Å². The van der Waals surface area contributed by atoms with Gasteiger partial charge in [-0.05, 0) is 0 Å². The normalized spacial score (nSPS) is 9.00. The van der Waals surface area contributed by atoms with Crippen LogP contribution in [0.2, 0.25) is 0 Å². The van der Waals surface area contributed by atoms with Gasteiger partial charge in [0.15, 0.2) is 0 Å². The van der Waals surface area contributed by atoms with Crippen LogP contribution in [0.15, 0.2) is 18.2 Å². The number of hydrogen-bond acceptors (Lipinski definition) is 0. The van der Waals surface area contributed by atoms with Gasteiger partial charge in [-0.2, -0.15) is 0 Å². The van der Waals surface area contributed by atoms with Crippen LogP contribution in [0.3, 0.4) is 0 Å². The number of rotatable bonds is 2. The molecule has 0 saturated carbocycles. The first-order chi connectivity index (χ1) is 2.91. The minimum atomic E-state index is 1.48. The third kappa shape index (κ3) is 4.01. The summed E-state index contributed by atoms with van der Waals surface area (Å²) in [4.78, 5) is 0. The second-order valence-corrected chi connectivity index (χ2v) is 1.20. The molecule has 0 rings (SSSR count). The van der Waals surface area contributed by atoms with Crippen LogP contribution in [0.1, 0.15) is 0 Å². The molecule has 0 radical (unpaired) electrons. The monoisotopic (exact) mass is 171 g/mol. The summed E-state index contributed by atoms with van der Waals surface area (Å²) in [5.41, 5.74) is 0. The maximum atomic E-state index is 4.97. The zero-order valence-electron chi connectivity index (χ0n) is 3.20. The van der Waals surface area contributed by atoms with E-state index in [-0.39, 0.29) is 0 Å². The molecule has 0 fully saturated rings. The summed E-state index contributed by atoms with van der Waals surface area (Å²) >= 11 is 2.84. The molecule has 1 heteroatoms. The summed E-state index contributed by atoms with van der Waals surface area (Å²) in [5.74, 6) is 0. The Morgan fingerprint density at radius 2 is 2.00 bits per heavy atom. The molecule has 0 aliphatic rings. The number of hydrogen-bond donors (Lipinski definition) is 0. The van der Waals surface area contributed by atoms with E-state index in [0.29, 0.717) is 0 Å². The molecule has 0 aliphatic heterocycles. The molecule has 0 saturated heterocycles. The molecule has 6 heavy (non-hydrogen) atoms. The van der Waals surface area contributed by atoms with Crippen molar-refractivity contribution < 1.29 is 18.7 Å². The van der Waals surface area contributed by atoms with Gasteiger partial charge in [0.25, 0.3) is 0 Å². The molecule has 36 valence electrons. The van der Waals surface area contributed by atoms with Gasteiger partial charge in [-0.25, -0.2) is 0 Å². The molecule has 0 amide bonds. The van der Waals surface area contributed by atoms with Crippen molar-refractivity contribution in [1.82, 2.24) is 0 Å². The third-order valence-electron chi connectivity index (χ3n) is 0.283. The van der Waals surface area contributed by atoms with E-state index in [1.54, 1.807) is 10.6 Å². The van der Waals surface area contributed by atoms with Crippen molar-refractivity contribution in [3.8, 4) is 0 Å². The molecule has 0 bridgehead atoms. The van der Waals surface area contributed by atoms with Gasteiger partial charge in [0.2, 0.25) is 0 Å². The van der Waals surface area contributed by atoms with Crippen molar-refractivity contribution in [2.24, 2.45) is 0 Å². The molecule has 0 nitrogen and oxygen atoms in total. The first-order valence-electron chi connectivity index (χ1n) is 1.52. The van der Waals surface area contributed by atoms with E-state index < -0.39 is 0 Å². The second kappa shape index (κ2) is 5.01. The van der Waals surface area contributed by atoms with E-state index in [2.05, 4.69) is 18.7 Å². The molecule has 0 spiro atoms. The van der Waals surface area contributed by atoms with Crippen molar-refractivity contribution in [3.05, 3.63) is 24.8 Å². The first kappa shape index (κ1) is 6.01.